The first kappa shape index (κ1) is 10.1. The molecule has 3 nitrogen and oxygen atoms in total. The average molecular weight is 319 g/mol. The third-order valence-corrected chi connectivity index (χ3v) is 2.96. The zero-order valence-electron chi connectivity index (χ0n) is 7.37. The van der Waals surface area contributed by atoms with E-state index in [1.54, 1.807) is 6.20 Å². The van der Waals surface area contributed by atoms with Crippen LogP contribution in [0.15, 0.2) is 26.2 Å². The van der Waals surface area contributed by atoms with Crippen molar-refractivity contribution < 1.29 is 0 Å². The van der Waals surface area contributed by atoms with Crippen molar-refractivity contribution in [1.82, 2.24) is 4.98 Å². The van der Waals surface area contributed by atoms with Crippen LogP contribution in [0.3, 0.4) is 0 Å². The largest absolute Gasteiger partial charge is 0.382 e. The standard InChI is InChI=1S/C9H9Br2N3/c10-5-3-7(11)8(13-4-5)9(12)14-6-1-2-6/h3-4,6H,1-2H2,(H2,12,14). The summed E-state index contributed by atoms with van der Waals surface area (Å²) >= 11 is 6.74. The van der Waals surface area contributed by atoms with E-state index in [-0.39, 0.29) is 0 Å². The summed E-state index contributed by atoms with van der Waals surface area (Å²) in [7, 11) is 0. The van der Waals surface area contributed by atoms with Crippen LogP contribution in [0.5, 0.6) is 0 Å². The molecule has 1 aromatic heterocycles. The second kappa shape index (κ2) is 3.98. The lowest BCUT2D eigenvalue weighted by atomic mass is 10.3. The van der Waals surface area contributed by atoms with Crippen LogP contribution in [0.2, 0.25) is 0 Å². The van der Waals surface area contributed by atoms with Gasteiger partial charge in [-0.3, -0.25) is 9.98 Å². The van der Waals surface area contributed by atoms with Gasteiger partial charge in [0.1, 0.15) is 11.5 Å². The molecular formula is C9H9Br2N3. The number of hydrogen-bond donors (Lipinski definition) is 1. The lowest BCUT2D eigenvalue weighted by Crippen LogP contribution is -2.16. The van der Waals surface area contributed by atoms with Crippen LogP contribution in [0.4, 0.5) is 0 Å². The van der Waals surface area contributed by atoms with Crippen molar-refractivity contribution in [3.8, 4) is 0 Å². The van der Waals surface area contributed by atoms with E-state index in [9.17, 15) is 0 Å². The minimum absolute atomic E-state index is 0.423. The first-order valence-corrected chi connectivity index (χ1v) is 5.90. The summed E-state index contributed by atoms with van der Waals surface area (Å²) < 4.78 is 1.79. The van der Waals surface area contributed by atoms with Crippen LogP contribution < -0.4 is 5.73 Å². The molecule has 2 rings (SSSR count). The van der Waals surface area contributed by atoms with Gasteiger partial charge in [0.05, 0.1) is 6.04 Å². The van der Waals surface area contributed by atoms with E-state index >= 15 is 0 Å². The number of pyridine rings is 1. The predicted octanol–water partition coefficient (Wildman–Crippen LogP) is 2.47. The highest BCUT2D eigenvalue weighted by atomic mass is 79.9. The van der Waals surface area contributed by atoms with Crippen molar-refractivity contribution in [2.24, 2.45) is 10.7 Å². The molecule has 1 saturated carbocycles. The maximum atomic E-state index is 5.83. The van der Waals surface area contributed by atoms with Crippen molar-refractivity contribution in [1.29, 1.82) is 0 Å². The van der Waals surface area contributed by atoms with Crippen molar-refractivity contribution in [3.05, 3.63) is 26.9 Å². The molecule has 1 fully saturated rings. The average Bonchev–Trinajstić information content (AvgIpc) is 2.87. The number of aliphatic imine (C=N–C) groups is 1. The highest BCUT2D eigenvalue weighted by Gasteiger charge is 2.21. The Hall–Kier alpha value is -0.420. The Balaban J connectivity index is 2.30. The zero-order chi connectivity index (χ0) is 10.1. The van der Waals surface area contributed by atoms with Gasteiger partial charge in [-0.1, -0.05) is 0 Å². The quantitative estimate of drug-likeness (QED) is 0.672. The summed E-state index contributed by atoms with van der Waals surface area (Å²) in [5.74, 6) is 0.520. The Labute approximate surface area is 99.1 Å². The van der Waals surface area contributed by atoms with Crippen molar-refractivity contribution in [2.45, 2.75) is 18.9 Å². The van der Waals surface area contributed by atoms with Gasteiger partial charge in [-0.05, 0) is 50.8 Å². The van der Waals surface area contributed by atoms with Gasteiger partial charge in [-0.15, -0.1) is 0 Å². The Morgan fingerprint density at radius 3 is 2.79 bits per heavy atom. The smallest absolute Gasteiger partial charge is 0.146 e. The summed E-state index contributed by atoms with van der Waals surface area (Å²) in [6.45, 7) is 0. The first-order valence-electron chi connectivity index (χ1n) is 4.31. The van der Waals surface area contributed by atoms with Crippen LogP contribution in [-0.4, -0.2) is 16.9 Å². The van der Waals surface area contributed by atoms with Gasteiger partial charge in [-0.25, -0.2) is 0 Å². The number of nitrogens with two attached hydrogens (primary N) is 1. The molecule has 74 valence electrons. The lowest BCUT2D eigenvalue weighted by Gasteiger charge is -2.02. The fourth-order valence-electron chi connectivity index (χ4n) is 1.06. The van der Waals surface area contributed by atoms with Crippen LogP contribution in [0.1, 0.15) is 18.5 Å². The number of aromatic nitrogens is 1. The first-order chi connectivity index (χ1) is 6.66. The summed E-state index contributed by atoms with van der Waals surface area (Å²) in [5.41, 5.74) is 6.55. The highest BCUT2D eigenvalue weighted by Crippen LogP contribution is 2.25. The van der Waals surface area contributed by atoms with Gasteiger partial charge in [0.15, 0.2) is 0 Å². The minimum atomic E-state index is 0.423. The number of rotatable bonds is 2. The van der Waals surface area contributed by atoms with Gasteiger partial charge < -0.3 is 5.73 Å². The van der Waals surface area contributed by atoms with E-state index in [0.29, 0.717) is 11.9 Å². The van der Waals surface area contributed by atoms with E-state index in [0.717, 1.165) is 27.5 Å². The fraction of sp³-hybridized carbons (Fsp3) is 0.333. The van der Waals surface area contributed by atoms with Gasteiger partial charge in [0, 0.05) is 15.1 Å². The molecule has 1 aliphatic carbocycles. The fourth-order valence-corrected chi connectivity index (χ4v) is 2.26. The normalized spacial score (nSPS) is 17.1. The Bertz CT molecular complexity index is 386. The molecule has 0 amide bonds. The Morgan fingerprint density at radius 2 is 2.21 bits per heavy atom. The summed E-state index contributed by atoms with van der Waals surface area (Å²) in [6, 6.07) is 2.34. The van der Waals surface area contributed by atoms with Gasteiger partial charge in [-0.2, -0.15) is 0 Å². The van der Waals surface area contributed by atoms with E-state index in [1.165, 1.54) is 0 Å². The number of halogens is 2. The maximum absolute atomic E-state index is 5.83. The molecule has 0 atom stereocenters. The van der Waals surface area contributed by atoms with E-state index in [1.807, 2.05) is 6.07 Å². The van der Waals surface area contributed by atoms with Crippen LogP contribution in [0, 0.1) is 0 Å². The van der Waals surface area contributed by atoms with Crippen LogP contribution in [0.25, 0.3) is 0 Å². The summed E-state index contributed by atoms with van der Waals surface area (Å²) in [4.78, 5) is 8.54. The zero-order valence-corrected chi connectivity index (χ0v) is 10.5. The predicted molar refractivity (Wildman–Crippen MR) is 63.4 cm³/mol. The number of amidine groups is 1. The van der Waals surface area contributed by atoms with Crippen molar-refractivity contribution in [2.75, 3.05) is 0 Å². The minimum Gasteiger partial charge on any atom is -0.382 e. The highest BCUT2D eigenvalue weighted by molar-refractivity contribution is 9.11. The molecule has 2 N–H and O–H groups in total. The molecule has 14 heavy (non-hydrogen) atoms. The molecular weight excluding hydrogens is 310 g/mol. The molecule has 0 radical (unpaired) electrons. The summed E-state index contributed by atoms with van der Waals surface area (Å²) in [6.07, 6.45) is 4.01. The van der Waals surface area contributed by atoms with Gasteiger partial charge in [0.2, 0.25) is 0 Å². The third kappa shape index (κ3) is 2.33. The van der Waals surface area contributed by atoms with Crippen molar-refractivity contribution in [3.63, 3.8) is 0 Å². The maximum Gasteiger partial charge on any atom is 0.146 e. The monoisotopic (exact) mass is 317 g/mol. The van der Waals surface area contributed by atoms with Crippen LogP contribution in [-0.2, 0) is 0 Å². The molecule has 0 unspecified atom stereocenters. The topological polar surface area (TPSA) is 51.3 Å². The lowest BCUT2D eigenvalue weighted by molar-refractivity contribution is 1.05. The van der Waals surface area contributed by atoms with E-state index in [2.05, 4.69) is 41.8 Å². The molecule has 1 heterocycles. The summed E-state index contributed by atoms with van der Waals surface area (Å²) in [5, 5.41) is 0. The second-order valence-corrected chi connectivity index (χ2v) is 5.00. The third-order valence-electron chi connectivity index (χ3n) is 1.92. The molecule has 1 aromatic rings. The number of nitrogens with zero attached hydrogens (tertiary/aromatic N) is 2. The molecule has 5 heteroatoms. The molecule has 0 aliphatic heterocycles. The SMILES string of the molecule is NC(=NC1CC1)c1ncc(Br)cc1Br. The molecule has 0 spiro atoms. The second-order valence-electron chi connectivity index (χ2n) is 3.23. The molecule has 0 aromatic carbocycles. The van der Waals surface area contributed by atoms with E-state index < -0.39 is 0 Å². The number of hydrogen-bond acceptors (Lipinski definition) is 2. The molecule has 1 aliphatic rings. The molecule has 0 bridgehead atoms. The Kier molecular flexibility index (Phi) is 2.88. The van der Waals surface area contributed by atoms with Crippen LogP contribution >= 0.6 is 31.9 Å². The molecule has 0 saturated heterocycles. The van der Waals surface area contributed by atoms with Gasteiger partial charge in [0.25, 0.3) is 0 Å². The van der Waals surface area contributed by atoms with Crippen molar-refractivity contribution >= 4 is 37.7 Å². The van der Waals surface area contributed by atoms with E-state index in [4.69, 9.17) is 5.73 Å². The van der Waals surface area contributed by atoms with Gasteiger partial charge >= 0.3 is 0 Å². The Morgan fingerprint density at radius 1 is 1.50 bits per heavy atom.